The number of hydrogen-bond acceptors (Lipinski definition) is 5. The van der Waals surface area contributed by atoms with Gasteiger partial charge in [-0.2, -0.15) is 0 Å². The summed E-state index contributed by atoms with van der Waals surface area (Å²) >= 11 is 0. The van der Waals surface area contributed by atoms with Gasteiger partial charge in [-0.25, -0.2) is 13.1 Å². The van der Waals surface area contributed by atoms with Crippen LogP contribution < -0.4 is 4.72 Å². The number of rotatable bonds is 7. The van der Waals surface area contributed by atoms with E-state index in [9.17, 15) is 18.0 Å². The van der Waals surface area contributed by atoms with Crippen LogP contribution in [0.3, 0.4) is 0 Å². The van der Waals surface area contributed by atoms with Crippen molar-refractivity contribution >= 4 is 21.8 Å². The number of carbonyl (C=O) groups is 2. The summed E-state index contributed by atoms with van der Waals surface area (Å²) in [6.07, 6.45) is 3.92. The maximum atomic E-state index is 12.7. The molecule has 1 N–H and O–H groups in total. The van der Waals surface area contributed by atoms with Crippen LogP contribution in [0.5, 0.6) is 0 Å². The van der Waals surface area contributed by atoms with Gasteiger partial charge in [-0.3, -0.25) is 9.59 Å². The first kappa shape index (κ1) is 22.0. The molecule has 0 aliphatic carbocycles. The monoisotopic (exact) mass is 433 g/mol. The fourth-order valence-corrected chi connectivity index (χ4v) is 4.83. The van der Waals surface area contributed by atoms with Gasteiger partial charge in [0.05, 0.1) is 16.7 Å². The van der Waals surface area contributed by atoms with Crippen LogP contribution in [0.4, 0.5) is 0 Å². The van der Waals surface area contributed by atoms with Gasteiger partial charge in [0.15, 0.2) is 0 Å². The standard InChI is InChI=1S/C21H27N3O5S/c1-3-23(4-2)20(25)16-5-7-19(8-6-16)30(27,28)22-18-9-12-24(13-10-18)21(26)17-11-14-29-15-17/h5-8,11,14-15,18,22H,3-4,9-10,12-13H2,1-2H3. The number of piperidine rings is 1. The zero-order valence-electron chi connectivity index (χ0n) is 17.2. The molecule has 0 radical (unpaired) electrons. The lowest BCUT2D eigenvalue weighted by Crippen LogP contribution is -2.46. The second-order valence-electron chi connectivity index (χ2n) is 7.20. The fourth-order valence-electron chi connectivity index (χ4n) is 3.53. The molecule has 2 aromatic rings. The number of likely N-dealkylation sites (tertiary alicyclic amines) is 1. The van der Waals surface area contributed by atoms with E-state index in [1.807, 2.05) is 13.8 Å². The SMILES string of the molecule is CCN(CC)C(=O)c1ccc(S(=O)(=O)NC2CCN(C(=O)c3ccoc3)CC2)cc1. The Hall–Kier alpha value is -2.65. The van der Waals surface area contributed by atoms with Crippen LogP contribution in [0.2, 0.25) is 0 Å². The number of nitrogens with one attached hydrogen (secondary N) is 1. The molecule has 3 rings (SSSR count). The van der Waals surface area contributed by atoms with E-state index < -0.39 is 10.0 Å². The summed E-state index contributed by atoms with van der Waals surface area (Å²) in [5.41, 5.74) is 0.956. The quantitative estimate of drug-likeness (QED) is 0.722. The van der Waals surface area contributed by atoms with Gasteiger partial charge in [-0.05, 0) is 57.0 Å². The molecule has 1 aliphatic rings. The molecule has 2 heterocycles. The summed E-state index contributed by atoms with van der Waals surface area (Å²) in [4.78, 5) is 28.2. The molecule has 1 aromatic carbocycles. The van der Waals surface area contributed by atoms with Gasteiger partial charge in [-0.15, -0.1) is 0 Å². The van der Waals surface area contributed by atoms with Gasteiger partial charge in [0.25, 0.3) is 11.8 Å². The van der Waals surface area contributed by atoms with Crippen LogP contribution in [0.25, 0.3) is 0 Å². The average Bonchev–Trinajstić information content (AvgIpc) is 3.29. The molecule has 9 heteroatoms. The van der Waals surface area contributed by atoms with E-state index in [1.54, 1.807) is 28.0 Å². The maximum absolute atomic E-state index is 12.7. The third-order valence-electron chi connectivity index (χ3n) is 5.33. The molecule has 30 heavy (non-hydrogen) atoms. The minimum atomic E-state index is -3.71. The van der Waals surface area contributed by atoms with Gasteiger partial charge in [0.2, 0.25) is 10.0 Å². The molecule has 8 nitrogen and oxygen atoms in total. The molecule has 0 atom stereocenters. The van der Waals surface area contributed by atoms with E-state index >= 15 is 0 Å². The number of hydrogen-bond donors (Lipinski definition) is 1. The molecular weight excluding hydrogens is 406 g/mol. The summed E-state index contributed by atoms with van der Waals surface area (Å²) in [6.45, 7) is 5.93. The molecular formula is C21H27N3O5S. The second-order valence-corrected chi connectivity index (χ2v) is 8.92. The van der Waals surface area contributed by atoms with Crippen LogP contribution in [0.15, 0.2) is 52.2 Å². The molecule has 162 valence electrons. The number of carbonyl (C=O) groups excluding carboxylic acids is 2. The second kappa shape index (κ2) is 9.44. The van der Waals surface area contributed by atoms with E-state index in [2.05, 4.69) is 4.72 Å². The van der Waals surface area contributed by atoms with E-state index in [0.717, 1.165) is 0 Å². The predicted octanol–water partition coefficient (Wildman–Crippen LogP) is 2.34. The Labute approximate surface area is 176 Å². The highest BCUT2D eigenvalue weighted by Crippen LogP contribution is 2.18. The first-order valence-electron chi connectivity index (χ1n) is 10.1. The van der Waals surface area contributed by atoms with Crippen LogP contribution >= 0.6 is 0 Å². The number of amides is 2. The number of benzene rings is 1. The first-order chi connectivity index (χ1) is 14.4. The van der Waals surface area contributed by atoms with Gasteiger partial charge in [0.1, 0.15) is 6.26 Å². The van der Waals surface area contributed by atoms with Crippen molar-refractivity contribution in [3.8, 4) is 0 Å². The smallest absolute Gasteiger partial charge is 0.257 e. The Balaban J connectivity index is 1.59. The van der Waals surface area contributed by atoms with Gasteiger partial charge >= 0.3 is 0 Å². The van der Waals surface area contributed by atoms with Crippen LogP contribution in [-0.2, 0) is 10.0 Å². The van der Waals surface area contributed by atoms with Crippen LogP contribution in [0, 0.1) is 0 Å². The normalized spacial score (nSPS) is 15.2. The highest BCUT2D eigenvalue weighted by Gasteiger charge is 2.27. The zero-order valence-corrected chi connectivity index (χ0v) is 18.0. The van der Waals surface area contributed by atoms with Gasteiger partial charge < -0.3 is 14.2 Å². The Kier molecular flexibility index (Phi) is 6.94. The van der Waals surface area contributed by atoms with Crippen molar-refractivity contribution in [1.82, 2.24) is 14.5 Å². The van der Waals surface area contributed by atoms with Crippen molar-refractivity contribution in [3.63, 3.8) is 0 Å². The summed E-state index contributed by atoms with van der Waals surface area (Å²) in [5, 5.41) is 0. The summed E-state index contributed by atoms with van der Waals surface area (Å²) in [5.74, 6) is -0.231. The lowest BCUT2D eigenvalue weighted by Gasteiger charge is -2.32. The maximum Gasteiger partial charge on any atom is 0.257 e. The summed E-state index contributed by atoms with van der Waals surface area (Å²) in [7, 11) is -3.71. The molecule has 1 saturated heterocycles. The minimum absolute atomic E-state index is 0.112. The molecule has 1 aliphatic heterocycles. The van der Waals surface area contributed by atoms with Crippen LogP contribution in [0.1, 0.15) is 47.4 Å². The Morgan fingerprint density at radius 1 is 1.07 bits per heavy atom. The Morgan fingerprint density at radius 3 is 2.23 bits per heavy atom. The van der Waals surface area contributed by atoms with Crippen molar-refractivity contribution in [3.05, 3.63) is 54.0 Å². The van der Waals surface area contributed by atoms with Gasteiger partial charge in [0, 0.05) is 37.8 Å². The van der Waals surface area contributed by atoms with Crippen LogP contribution in [-0.4, -0.2) is 62.3 Å². The Morgan fingerprint density at radius 2 is 1.70 bits per heavy atom. The zero-order chi connectivity index (χ0) is 21.7. The van der Waals surface area contributed by atoms with Crippen molar-refractivity contribution < 1.29 is 22.4 Å². The third-order valence-corrected chi connectivity index (χ3v) is 6.87. The molecule has 0 saturated carbocycles. The van der Waals surface area contributed by atoms with E-state index in [4.69, 9.17) is 4.42 Å². The van der Waals surface area contributed by atoms with E-state index in [1.165, 1.54) is 24.7 Å². The highest BCUT2D eigenvalue weighted by atomic mass is 32.2. The number of nitrogens with zero attached hydrogens (tertiary/aromatic N) is 2. The number of sulfonamides is 1. The molecule has 1 fully saturated rings. The van der Waals surface area contributed by atoms with Crippen molar-refractivity contribution in [2.75, 3.05) is 26.2 Å². The lowest BCUT2D eigenvalue weighted by molar-refractivity contribution is 0.0709. The largest absolute Gasteiger partial charge is 0.472 e. The molecule has 1 aromatic heterocycles. The van der Waals surface area contributed by atoms with Gasteiger partial charge in [-0.1, -0.05) is 0 Å². The lowest BCUT2D eigenvalue weighted by atomic mass is 10.1. The topological polar surface area (TPSA) is 99.9 Å². The molecule has 0 unspecified atom stereocenters. The number of furan rings is 1. The third kappa shape index (κ3) is 4.91. The van der Waals surface area contributed by atoms with Crippen molar-refractivity contribution in [2.45, 2.75) is 37.6 Å². The molecule has 0 spiro atoms. The fraction of sp³-hybridized carbons (Fsp3) is 0.429. The summed E-state index contributed by atoms with van der Waals surface area (Å²) < 4.78 is 33.1. The van der Waals surface area contributed by atoms with E-state index in [0.29, 0.717) is 50.1 Å². The van der Waals surface area contributed by atoms with Crippen molar-refractivity contribution in [1.29, 1.82) is 0 Å². The minimum Gasteiger partial charge on any atom is -0.472 e. The molecule has 0 bridgehead atoms. The predicted molar refractivity (Wildman–Crippen MR) is 112 cm³/mol. The molecule has 2 amide bonds. The highest BCUT2D eigenvalue weighted by molar-refractivity contribution is 7.89. The summed E-state index contributed by atoms with van der Waals surface area (Å²) in [6, 6.07) is 7.36. The van der Waals surface area contributed by atoms with E-state index in [-0.39, 0.29) is 22.8 Å². The average molecular weight is 434 g/mol. The Bertz CT molecular complexity index is 959. The van der Waals surface area contributed by atoms with Crippen molar-refractivity contribution in [2.24, 2.45) is 0 Å². The first-order valence-corrected chi connectivity index (χ1v) is 11.6.